The minimum atomic E-state index is -0.365. The number of nitrogens with one attached hydrogen (secondary N) is 3. The molecule has 0 atom stereocenters. The molecule has 0 unspecified atom stereocenters. The minimum Gasteiger partial charge on any atom is -0.322 e. The fourth-order valence-corrected chi connectivity index (χ4v) is 3.98. The zero-order valence-electron chi connectivity index (χ0n) is 18.3. The standard InChI is InChI=1S/C26H22N4O3S/c1-30(25(32)23-12-7-17-34-23)22-11-6-5-10-21(22)24(31)27-19-13-15-20(16-14-19)29-26(33)28-18-8-3-2-4-9-18/h2-17H,1H3,(H,27,31)(H2,28,29,33). The largest absolute Gasteiger partial charge is 0.323 e. The first-order valence-corrected chi connectivity index (χ1v) is 11.3. The van der Waals surface area contributed by atoms with Crippen molar-refractivity contribution in [2.45, 2.75) is 0 Å². The summed E-state index contributed by atoms with van der Waals surface area (Å²) in [5, 5.41) is 10.2. The van der Waals surface area contributed by atoms with Gasteiger partial charge in [-0.1, -0.05) is 36.4 Å². The number of anilines is 4. The van der Waals surface area contributed by atoms with E-state index < -0.39 is 0 Å². The first-order valence-electron chi connectivity index (χ1n) is 10.5. The Morgan fingerprint density at radius 2 is 1.26 bits per heavy atom. The van der Waals surface area contributed by atoms with E-state index in [0.29, 0.717) is 33.2 Å². The van der Waals surface area contributed by atoms with Gasteiger partial charge in [0, 0.05) is 24.1 Å². The fourth-order valence-electron chi connectivity index (χ4n) is 3.28. The maximum absolute atomic E-state index is 13.0. The molecule has 3 aromatic carbocycles. The molecule has 0 aliphatic carbocycles. The van der Waals surface area contributed by atoms with E-state index >= 15 is 0 Å². The Morgan fingerprint density at radius 1 is 0.676 bits per heavy atom. The van der Waals surface area contributed by atoms with Crippen molar-refractivity contribution >= 4 is 51.9 Å². The van der Waals surface area contributed by atoms with E-state index in [-0.39, 0.29) is 17.8 Å². The second-order valence-corrected chi connectivity index (χ2v) is 8.28. The summed E-state index contributed by atoms with van der Waals surface area (Å²) >= 11 is 1.35. The molecule has 0 bridgehead atoms. The van der Waals surface area contributed by atoms with Crippen LogP contribution in [0.5, 0.6) is 0 Å². The molecule has 0 radical (unpaired) electrons. The lowest BCUT2D eigenvalue weighted by Gasteiger charge is -2.20. The number of nitrogens with zero attached hydrogens (tertiary/aromatic N) is 1. The fraction of sp³-hybridized carbons (Fsp3) is 0.0385. The van der Waals surface area contributed by atoms with Gasteiger partial charge in [-0.3, -0.25) is 9.59 Å². The Kier molecular flexibility index (Phi) is 7.00. The minimum absolute atomic E-state index is 0.181. The second-order valence-electron chi connectivity index (χ2n) is 7.34. The first kappa shape index (κ1) is 22.8. The number of thiophene rings is 1. The van der Waals surface area contributed by atoms with Gasteiger partial charge in [0.25, 0.3) is 11.8 Å². The van der Waals surface area contributed by atoms with Gasteiger partial charge in [-0.25, -0.2) is 4.79 Å². The van der Waals surface area contributed by atoms with Gasteiger partial charge in [0.2, 0.25) is 0 Å². The summed E-state index contributed by atoms with van der Waals surface area (Å²) in [4.78, 5) is 39.9. The molecular formula is C26H22N4O3S. The van der Waals surface area contributed by atoms with Crippen molar-refractivity contribution in [3.63, 3.8) is 0 Å². The molecule has 7 nitrogen and oxygen atoms in total. The van der Waals surface area contributed by atoms with Crippen LogP contribution in [0.4, 0.5) is 27.5 Å². The highest BCUT2D eigenvalue weighted by molar-refractivity contribution is 7.12. The van der Waals surface area contributed by atoms with Crippen molar-refractivity contribution in [1.29, 1.82) is 0 Å². The number of urea groups is 1. The molecule has 1 heterocycles. The average molecular weight is 471 g/mol. The molecule has 4 rings (SSSR count). The molecule has 4 amide bonds. The monoisotopic (exact) mass is 470 g/mol. The summed E-state index contributed by atoms with van der Waals surface area (Å²) in [7, 11) is 1.65. The Labute approximate surface area is 201 Å². The number of hydrogen-bond acceptors (Lipinski definition) is 4. The Hall–Kier alpha value is -4.43. The van der Waals surface area contributed by atoms with Crippen molar-refractivity contribution in [2.75, 3.05) is 27.9 Å². The number of para-hydroxylation sites is 2. The van der Waals surface area contributed by atoms with Crippen LogP contribution >= 0.6 is 11.3 Å². The Balaban J connectivity index is 1.41. The summed E-state index contributed by atoms with van der Waals surface area (Å²) in [6.45, 7) is 0. The SMILES string of the molecule is CN(C(=O)c1cccs1)c1ccccc1C(=O)Nc1ccc(NC(=O)Nc2ccccc2)cc1. The van der Waals surface area contributed by atoms with Gasteiger partial charge in [0.15, 0.2) is 0 Å². The molecule has 0 aliphatic heterocycles. The second kappa shape index (κ2) is 10.5. The molecular weight excluding hydrogens is 448 g/mol. The van der Waals surface area contributed by atoms with E-state index in [9.17, 15) is 14.4 Å². The molecule has 0 fully saturated rings. The maximum atomic E-state index is 13.0. The normalized spacial score (nSPS) is 10.3. The van der Waals surface area contributed by atoms with Crippen molar-refractivity contribution in [3.05, 3.63) is 107 Å². The number of carbonyl (C=O) groups is 3. The van der Waals surface area contributed by atoms with Gasteiger partial charge >= 0.3 is 6.03 Å². The van der Waals surface area contributed by atoms with Gasteiger partial charge in [-0.05, 0) is 60.0 Å². The van der Waals surface area contributed by atoms with Gasteiger partial charge < -0.3 is 20.9 Å². The van der Waals surface area contributed by atoms with Gasteiger partial charge in [-0.15, -0.1) is 11.3 Å². The van der Waals surface area contributed by atoms with E-state index in [1.165, 1.54) is 16.2 Å². The van der Waals surface area contributed by atoms with Crippen LogP contribution in [-0.2, 0) is 0 Å². The lowest BCUT2D eigenvalue weighted by molar-refractivity contribution is 0.0996. The maximum Gasteiger partial charge on any atom is 0.323 e. The number of rotatable bonds is 6. The molecule has 170 valence electrons. The van der Waals surface area contributed by atoms with E-state index in [1.54, 1.807) is 73.8 Å². The molecule has 34 heavy (non-hydrogen) atoms. The van der Waals surface area contributed by atoms with Crippen LogP contribution in [-0.4, -0.2) is 24.9 Å². The number of hydrogen-bond donors (Lipinski definition) is 3. The van der Waals surface area contributed by atoms with Crippen molar-refractivity contribution in [2.24, 2.45) is 0 Å². The highest BCUT2D eigenvalue weighted by Crippen LogP contribution is 2.24. The number of amides is 4. The lowest BCUT2D eigenvalue weighted by Crippen LogP contribution is -2.28. The molecule has 0 spiro atoms. The zero-order valence-corrected chi connectivity index (χ0v) is 19.1. The summed E-state index contributed by atoms with van der Waals surface area (Å²) in [6, 6.07) is 26.0. The smallest absolute Gasteiger partial charge is 0.322 e. The molecule has 4 aromatic rings. The molecule has 1 aromatic heterocycles. The van der Waals surface area contributed by atoms with Crippen LogP contribution in [0.1, 0.15) is 20.0 Å². The predicted octanol–water partition coefficient (Wildman–Crippen LogP) is 5.92. The summed E-state index contributed by atoms with van der Waals surface area (Å²) in [5.74, 6) is -0.525. The molecule has 0 saturated heterocycles. The number of benzene rings is 3. The number of carbonyl (C=O) groups excluding carboxylic acids is 3. The predicted molar refractivity (Wildman–Crippen MR) is 137 cm³/mol. The zero-order chi connectivity index (χ0) is 23.9. The molecule has 3 N–H and O–H groups in total. The van der Waals surface area contributed by atoms with E-state index in [1.807, 2.05) is 29.6 Å². The van der Waals surface area contributed by atoms with Crippen LogP contribution in [0.3, 0.4) is 0 Å². The Morgan fingerprint density at radius 3 is 1.91 bits per heavy atom. The van der Waals surface area contributed by atoms with Crippen molar-refractivity contribution in [1.82, 2.24) is 0 Å². The topological polar surface area (TPSA) is 90.5 Å². The molecule has 8 heteroatoms. The van der Waals surface area contributed by atoms with Gasteiger partial charge in [-0.2, -0.15) is 0 Å². The Bertz CT molecular complexity index is 1290. The highest BCUT2D eigenvalue weighted by atomic mass is 32.1. The molecule has 0 saturated carbocycles. The van der Waals surface area contributed by atoms with Crippen LogP contribution in [0, 0.1) is 0 Å². The summed E-state index contributed by atoms with van der Waals surface area (Å²) in [5.41, 5.74) is 2.70. The van der Waals surface area contributed by atoms with E-state index in [4.69, 9.17) is 0 Å². The van der Waals surface area contributed by atoms with E-state index in [2.05, 4.69) is 16.0 Å². The van der Waals surface area contributed by atoms with Crippen molar-refractivity contribution in [3.8, 4) is 0 Å². The highest BCUT2D eigenvalue weighted by Gasteiger charge is 2.20. The van der Waals surface area contributed by atoms with Crippen LogP contribution < -0.4 is 20.9 Å². The van der Waals surface area contributed by atoms with Crippen LogP contribution in [0.2, 0.25) is 0 Å². The van der Waals surface area contributed by atoms with Crippen molar-refractivity contribution < 1.29 is 14.4 Å². The summed E-state index contributed by atoms with van der Waals surface area (Å²) < 4.78 is 0. The summed E-state index contributed by atoms with van der Waals surface area (Å²) in [6.07, 6.45) is 0. The van der Waals surface area contributed by atoms with Crippen LogP contribution in [0.15, 0.2) is 96.4 Å². The third-order valence-corrected chi connectivity index (χ3v) is 5.84. The van der Waals surface area contributed by atoms with E-state index in [0.717, 1.165) is 0 Å². The van der Waals surface area contributed by atoms with Gasteiger partial charge in [0.1, 0.15) is 0 Å². The quantitative estimate of drug-likeness (QED) is 0.327. The van der Waals surface area contributed by atoms with Gasteiger partial charge in [0.05, 0.1) is 16.1 Å². The third-order valence-electron chi connectivity index (χ3n) is 4.98. The molecule has 0 aliphatic rings. The average Bonchev–Trinajstić information content (AvgIpc) is 3.40. The van der Waals surface area contributed by atoms with Crippen LogP contribution in [0.25, 0.3) is 0 Å². The third kappa shape index (κ3) is 5.48. The lowest BCUT2D eigenvalue weighted by atomic mass is 10.1. The first-order chi connectivity index (χ1) is 16.5.